The first-order valence-electron chi connectivity index (χ1n) is 7.65. The van der Waals surface area contributed by atoms with E-state index in [4.69, 9.17) is 23.2 Å². The number of rotatable bonds is 3. The highest BCUT2D eigenvalue weighted by atomic mass is 35.5. The molecule has 0 aromatic heterocycles. The molecule has 128 valence electrons. The van der Waals surface area contributed by atoms with E-state index in [-0.39, 0.29) is 4.90 Å². The summed E-state index contributed by atoms with van der Waals surface area (Å²) in [6.07, 6.45) is 0. The molecule has 0 atom stereocenters. The average Bonchev–Trinajstić information content (AvgIpc) is 2.57. The van der Waals surface area contributed by atoms with E-state index in [9.17, 15) is 8.42 Å². The monoisotopic (exact) mass is 384 g/mol. The maximum absolute atomic E-state index is 12.9. The van der Waals surface area contributed by atoms with Gasteiger partial charge in [-0.3, -0.25) is 0 Å². The van der Waals surface area contributed by atoms with Crippen molar-refractivity contribution in [1.29, 1.82) is 0 Å². The summed E-state index contributed by atoms with van der Waals surface area (Å²) in [6.45, 7) is 3.89. The molecular formula is C17H18Cl2N2O2S. The summed E-state index contributed by atoms with van der Waals surface area (Å²) in [6, 6.07) is 12.6. The minimum Gasteiger partial charge on any atom is -0.369 e. The quantitative estimate of drug-likeness (QED) is 0.807. The zero-order valence-corrected chi connectivity index (χ0v) is 15.6. The van der Waals surface area contributed by atoms with Crippen molar-refractivity contribution in [2.24, 2.45) is 0 Å². The van der Waals surface area contributed by atoms with Crippen molar-refractivity contribution in [3.8, 4) is 0 Å². The highest BCUT2D eigenvalue weighted by molar-refractivity contribution is 7.89. The Morgan fingerprint density at radius 3 is 2.25 bits per heavy atom. The molecule has 0 bridgehead atoms. The summed E-state index contributed by atoms with van der Waals surface area (Å²) in [5.74, 6) is 0. The van der Waals surface area contributed by atoms with Crippen LogP contribution in [0.15, 0.2) is 47.4 Å². The van der Waals surface area contributed by atoms with Crippen LogP contribution in [0.5, 0.6) is 0 Å². The van der Waals surface area contributed by atoms with Gasteiger partial charge in [-0.25, -0.2) is 8.42 Å². The van der Waals surface area contributed by atoms with E-state index in [0.29, 0.717) is 41.8 Å². The van der Waals surface area contributed by atoms with Gasteiger partial charge in [0.05, 0.1) is 4.90 Å². The Kier molecular flexibility index (Phi) is 5.06. The van der Waals surface area contributed by atoms with Crippen molar-refractivity contribution >= 4 is 38.9 Å². The van der Waals surface area contributed by atoms with Crippen LogP contribution in [0.3, 0.4) is 0 Å². The molecule has 0 radical (unpaired) electrons. The largest absolute Gasteiger partial charge is 0.369 e. The fourth-order valence-electron chi connectivity index (χ4n) is 2.85. The first kappa shape index (κ1) is 17.5. The molecule has 3 rings (SSSR count). The Morgan fingerprint density at radius 1 is 0.917 bits per heavy atom. The van der Waals surface area contributed by atoms with Gasteiger partial charge >= 0.3 is 0 Å². The molecule has 7 heteroatoms. The second kappa shape index (κ2) is 6.92. The van der Waals surface area contributed by atoms with Gasteiger partial charge in [-0.1, -0.05) is 35.3 Å². The lowest BCUT2D eigenvalue weighted by Gasteiger charge is -2.35. The highest BCUT2D eigenvalue weighted by Crippen LogP contribution is 2.26. The molecule has 1 saturated heterocycles. The van der Waals surface area contributed by atoms with E-state index < -0.39 is 10.0 Å². The number of hydrogen-bond acceptors (Lipinski definition) is 3. The minimum atomic E-state index is -3.53. The number of nitrogens with zero attached hydrogens (tertiary/aromatic N) is 2. The Bertz CT molecular complexity index is 847. The number of sulfonamides is 1. The van der Waals surface area contributed by atoms with Crippen molar-refractivity contribution in [1.82, 2.24) is 4.31 Å². The lowest BCUT2D eigenvalue weighted by atomic mass is 10.2. The zero-order valence-electron chi connectivity index (χ0n) is 13.2. The molecule has 2 aromatic carbocycles. The van der Waals surface area contributed by atoms with Crippen LogP contribution in [-0.4, -0.2) is 38.9 Å². The SMILES string of the molecule is Cc1ccc(Cl)cc1S(=O)(=O)N1CCN(c2cccc(Cl)c2)CC1. The van der Waals surface area contributed by atoms with E-state index in [1.807, 2.05) is 24.3 Å². The zero-order chi connectivity index (χ0) is 17.3. The predicted octanol–water partition coefficient (Wildman–Crippen LogP) is 3.81. The molecular weight excluding hydrogens is 367 g/mol. The van der Waals surface area contributed by atoms with E-state index in [1.165, 1.54) is 10.4 Å². The van der Waals surface area contributed by atoms with Crippen molar-refractivity contribution in [2.75, 3.05) is 31.1 Å². The number of piperazine rings is 1. The van der Waals surface area contributed by atoms with Gasteiger partial charge in [0.1, 0.15) is 0 Å². The lowest BCUT2D eigenvalue weighted by molar-refractivity contribution is 0.384. The van der Waals surface area contributed by atoms with Crippen LogP contribution in [-0.2, 0) is 10.0 Å². The van der Waals surface area contributed by atoms with Crippen molar-refractivity contribution in [3.05, 3.63) is 58.1 Å². The Labute approximate surface area is 152 Å². The molecule has 0 spiro atoms. The van der Waals surface area contributed by atoms with Crippen molar-refractivity contribution in [2.45, 2.75) is 11.8 Å². The number of halogens is 2. The van der Waals surface area contributed by atoms with Crippen LogP contribution in [0.2, 0.25) is 10.0 Å². The van der Waals surface area contributed by atoms with Gasteiger partial charge in [0.25, 0.3) is 0 Å². The van der Waals surface area contributed by atoms with Crippen LogP contribution < -0.4 is 4.90 Å². The Morgan fingerprint density at radius 2 is 1.58 bits per heavy atom. The highest BCUT2D eigenvalue weighted by Gasteiger charge is 2.29. The first-order valence-corrected chi connectivity index (χ1v) is 9.84. The van der Waals surface area contributed by atoms with E-state index in [0.717, 1.165) is 5.69 Å². The molecule has 24 heavy (non-hydrogen) atoms. The van der Waals surface area contributed by atoms with Crippen molar-refractivity contribution in [3.63, 3.8) is 0 Å². The second-order valence-corrected chi connectivity index (χ2v) is 8.56. The average molecular weight is 385 g/mol. The minimum absolute atomic E-state index is 0.284. The second-order valence-electron chi connectivity index (χ2n) is 5.78. The Balaban J connectivity index is 1.77. The topological polar surface area (TPSA) is 40.6 Å². The van der Waals surface area contributed by atoms with Crippen LogP contribution in [0.1, 0.15) is 5.56 Å². The molecule has 2 aromatic rings. The Hall–Kier alpha value is -1.27. The maximum atomic E-state index is 12.9. The molecule has 1 heterocycles. The van der Waals surface area contributed by atoms with Gasteiger partial charge < -0.3 is 4.90 Å². The summed E-state index contributed by atoms with van der Waals surface area (Å²) in [5, 5.41) is 1.11. The predicted molar refractivity (Wildman–Crippen MR) is 98.6 cm³/mol. The fourth-order valence-corrected chi connectivity index (χ4v) is 4.94. The van der Waals surface area contributed by atoms with Crippen LogP contribution in [0.25, 0.3) is 0 Å². The number of anilines is 1. The number of aryl methyl sites for hydroxylation is 1. The molecule has 4 nitrogen and oxygen atoms in total. The van der Waals surface area contributed by atoms with Gasteiger partial charge in [0.15, 0.2) is 0 Å². The van der Waals surface area contributed by atoms with Gasteiger partial charge in [0, 0.05) is 41.9 Å². The number of benzene rings is 2. The first-order chi connectivity index (χ1) is 11.4. The van der Waals surface area contributed by atoms with Crippen LogP contribution in [0, 0.1) is 6.92 Å². The maximum Gasteiger partial charge on any atom is 0.243 e. The van der Waals surface area contributed by atoms with Crippen LogP contribution in [0.4, 0.5) is 5.69 Å². The summed E-state index contributed by atoms with van der Waals surface area (Å²) in [7, 11) is -3.53. The smallest absolute Gasteiger partial charge is 0.243 e. The normalized spacial score (nSPS) is 16.4. The summed E-state index contributed by atoms with van der Waals surface area (Å²) < 4.78 is 27.3. The molecule has 1 aliphatic heterocycles. The van der Waals surface area contributed by atoms with Gasteiger partial charge in [-0.2, -0.15) is 4.31 Å². The molecule has 1 aliphatic rings. The van der Waals surface area contributed by atoms with E-state index >= 15 is 0 Å². The van der Waals surface area contributed by atoms with Gasteiger partial charge in [-0.05, 0) is 42.8 Å². The summed E-state index contributed by atoms with van der Waals surface area (Å²) in [5.41, 5.74) is 1.72. The molecule has 0 aliphatic carbocycles. The lowest BCUT2D eigenvalue weighted by Crippen LogP contribution is -2.48. The molecule has 0 N–H and O–H groups in total. The molecule has 1 fully saturated rings. The fraction of sp³-hybridized carbons (Fsp3) is 0.294. The molecule has 0 amide bonds. The third kappa shape index (κ3) is 3.54. The van der Waals surface area contributed by atoms with Crippen LogP contribution >= 0.6 is 23.2 Å². The number of hydrogen-bond donors (Lipinski definition) is 0. The van der Waals surface area contributed by atoms with Crippen molar-refractivity contribution < 1.29 is 8.42 Å². The van der Waals surface area contributed by atoms with E-state index in [2.05, 4.69) is 4.90 Å². The molecule has 0 saturated carbocycles. The third-order valence-corrected chi connectivity index (χ3v) is 6.69. The van der Waals surface area contributed by atoms with Gasteiger partial charge in [0.2, 0.25) is 10.0 Å². The standard InChI is InChI=1S/C17H18Cl2N2O2S/c1-13-5-6-15(19)12-17(13)24(22,23)21-9-7-20(8-10-21)16-4-2-3-14(18)11-16/h2-6,11-12H,7-10H2,1H3. The molecule has 0 unspecified atom stereocenters. The van der Waals surface area contributed by atoms with E-state index in [1.54, 1.807) is 19.1 Å². The summed E-state index contributed by atoms with van der Waals surface area (Å²) in [4.78, 5) is 2.43. The third-order valence-electron chi connectivity index (χ3n) is 4.18. The van der Waals surface area contributed by atoms with Gasteiger partial charge in [-0.15, -0.1) is 0 Å². The summed E-state index contributed by atoms with van der Waals surface area (Å²) >= 11 is 12.0.